The maximum absolute atomic E-state index is 12.7. The fourth-order valence-corrected chi connectivity index (χ4v) is 3.73. The minimum atomic E-state index is -1.78. The summed E-state index contributed by atoms with van der Waals surface area (Å²) in [6, 6.07) is 3.64. The Bertz CT molecular complexity index is 696. The molecule has 5 nitrogen and oxygen atoms in total. The largest absolute Gasteiger partial charge is 0.465 e. The minimum absolute atomic E-state index is 0.153. The molecule has 0 saturated heterocycles. The zero-order valence-electron chi connectivity index (χ0n) is 15.1. The molecule has 1 N–H and O–H groups in total. The number of aliphatic hydroxyl groups is 1. The van der Waals surface area contributed by atoms with Gasteiger partial charge in [0.25, 0.3) is 11.4 Å². The van der Waals surface area contributed by atoms with Crippen LogP contribution in [0.25, 0.3) is 0 Å². The molecule has 0 aromatic heterocycles. The molecule has 1 aromatic carbocycles. The molecule has 2 atom stereocenters. The lowest BCUT2D eigenvalue weighted by molar-refractivity contribution is -0.278. The van der Waals surface area contributed by atoms with Gasteiger partial charge in [-0.05, 0) is 42.9 Å². The zero-order valence-corrected chi connectivity index (χ0v) is 15.9. The summed E-state index contributed by atoms with van der Waals surface area (Å²) in [6.45, 7) is 8.12. The normalized spacial score (nSPS) is 28.2. The molecule has 2 aliphatic rings. The second kappa shape index (κ2) is 6.06. The van der Waals surface area contributed by atoms with E-state index in [1.165, 1.54) is 0 Å². The number of carbonyl (C=O) groups excluding carboxylic acids is 1. The van der Waals surface area contributed by atoms with E-state index in [0.29, 0.717) is 17.2 Å². The number of esters is 1. The first-order chi connectivity index (χ1) is 11.6. The first kappa shape index (κ1) is 18.3. The first-order valence-electron chi connectivity index (χ1n) is 8.74. The van der Waals surface area contributed by atoms with Crippen LogP contribution in [0.3, 0.4) is 0 Å². The monoisotopic (exact) mass is 368 g/mol. The Morgan fingerprint density at radius 1 is 1.28 bits per heavy atom. The summed E-state index contributed by atoms with van der Waals surface area (Å²) in [6.07, 6.45) is 2.09. The summed E-state index contributed by atoms with van der Waals surface area (Å²) < 4.78 is 17.2. The van der Waals surface area contributed by atoms with Crippen LogP contribution in [-0.4, -0.2) is 29.1 Å². The van der Waals surface area contributed by atoms with Crippen molar-refractivity contribution in [1.29, 1.82) is 0 Å². The highest BCUT2D eigenvalue weighted by molar-refractivity contribution is 6.32. The molecule has 1 aliphatic heterocycles. The third kappa shape index (κ3) is 2.87. The number of halogens is 1. The number of fused-ring (bicyclic) bond motifs is 2. The third-order valence-corrected chi connectivity index (χ3v) is 5.24. The van der Waals surface area contributed by atoms with E-state index in [2.05, 4.69) is 20.8 Å². The van der Waals surface area contributed by atoms with Crippen molar-refractivity contribution >= 4 is 17.6 Å². The molecule has 0 radical (unpaired) electrons. The average Bonchev–Trinajstić information content (AvgIpc) is 2.52. The van der Waals surface area contributed by atoms with Crippen molar-refractivity contribution in [3.8, 4) is 11.5 Å². The fraction of sp³-hybridized carbons (Fsp3) is 0.632. The van der Waals surface area contributed by atoms with E-state index < -0.39 is 17.4 Å². The molecule has 3 rings (SSSR count). The Kier molecular flexibility index (Phi) is 4.44. The number of hydrogen-bond donors (Lipinski definition) is 1. The lowest BCUT2D eigenvalue weighted by Gasteiger charge is -2.50. The lowest BCUT2D eigenvalue weighted by Crippen LogP contribution is -2.69. The lowest BCUT2D eigenvalue weighted by atomic mass is 9.77. The van der Waals surface area contributed by atoms with Gasteiger partial charge in [-0.15, -0.1) is 0 Å². The van der Waals surface area contributed by atoms with Gasteiger partial charge in [0, 0.05) is 12.8 Å². The van der Waals surface area contributed by atoms with E-state index in [-0.39, 0.29) is 24.2 Å². The van der Waals surface area contributed by atoms with Gasteiger partial charge in [-0.1, -0.05) is 32.4 Å². The molecule has 25 heavy (non-hydrogen) atoms. The van der Waals surface area contributed by atoms with Crippen molar-refractivity contribution < 1.29 is 24.1 Å². The van der Waals surface area contributed by atoms with Crippen molar-refractivity contribution in [1.82, 2.24) is 0 Å². The molecule has 0 unspecified atom stereocenters. The van der Waals surface area contributed by atoms with E-state index in [1.54, 1.807) is 6.92 Å². The number of ether oxygens (including phenoxy) is 3. The second-order valence-corrected chi connectivity index (χ2v) is 8.19. The SMILES string of the molecule is CCOC(=O)[C@@]12CCCC[C@]1(O)Oc1c(Cl)cc(C(C)(C)C)cc1O2. The topological polar surface area (TPSA) is 65.0 Å². The third-order valence-electron chi connectivity index (χ3n) is 4.96. The van der Waals surface area contributed by atoms with Crippen LogP contribution in [0.5, 0.6) is 11.5 Å². The molecule has 1 fully saturated rings. The molecule has 1 heterocycles. The maximum atomic E-state index is 12.7. The van der Waals surface area contributed by atoms with E-state index in [0.717, 1.165) is 18.4 Å². The van der Waals surface area contributed by atoms with Gasteiger partial charge < -0.3 is 19.3 Å². The number of rotatable bonds is 2. The van der Waals surface area contributed by atoms with Crippen molar-refractivity contribution in [2.24, 2.45) is 0 Å². The Morgan fingerprint density at radius 3 is 2.60 bits per heavy atom. The van der Waals surface area contributed by atoms with Crippen LogP contribution < -0.4 is 9.47 Å². The summed E-state index contributed by atoms with van der Waals surface area (Å²) in [4.78, 5) is 12.7. The van der Waals surface area contributed by atoms with Gasteiger partial charge in [0.1, 0.15) is 0 Å². The van der Waals surface area contributed by atoms with E-state index in [9.17, 15) is 9.90 Å². The van der Waals surface area contributed by atoms with Crippen molar-refractivity contribution in [3.63, 3.8) is 0 Å². The van der Waals surface area contributed by atoms with Gasteiger partial charge >= 0.3 is 5.97 Å². The predicted molar refractivity (Wildman–Crippen MR) is 94.2 cm³/mol. The molecule has 0 amide bonds. The molecular formula is C19H25ClO5. The Morgan fingerprint density at radius 2 is 1.96 bits per heavy atom. The number of carbonyl (C=O) groups is 1. The Balaban J connectivity index is 2.13. The molecule has 1 aromatic rings. The van der Waals surface area contributed by atoms with E-state index in [4.69, 9.17) is 25.8 Å². The van der Waals surface area contributed by atoms with Crippen molar-refractivity contribution in [2.75, 3.05) is 6.61 Å². The number of benzene rings is 1. The second-order valence-electron chi connectivity index (χ2n) is 7.78. The molecule has 1 aliphatic carbocycles. The molecule has 0 spiro atoms. The summed E-state index contributed by atoms with van der Waals surface area (Å²) in [5, 5.41) is 11.5. The summed E-state index contributed by atoms with van der Waals surface area (Å²) in [7, 11) is 0. The number of hydrogen-bond acceptors (Lipinski definition) is 5. The molecular weight excluding hydrogens is 344 g/mol. The van der Waals surface area contributed by atoms with E-state index in [1.807, 2.05) is 12.1 Å². The smallest absolute Gasteiger partial charge is 0.357 e. The quantitative estimate of drug-likeness (QED) is 0.800. The van der Waals surface area contributed by atoms with E-state index >= 15 is 0 Å². The highest BCUT2D eigenvalue weighted by atomic mass is 35.5. The highest BCUT2D eigenvalue weighted by Gasteiger charge is 2.65. The first-order valence-corrected chi connectivity index (χ1v) is 9.12. The molecule has 138 valence electrons. The van der Waals surface area contributed by atoms with Gasteiger partial charge in [0.05, 0.1) is 11.6 Å². The Hall–Kier alpha value is -1.46. The van der Waals surface area contributed by atoms with Crippen LogP contribution in [0.1, 0.15) is 58.9 Å². The highest BCUT2D eigenvalue weighted by Crippen LogP contribution is 2.53. The van der Waals surface area contributed by atoms with Crippen LogP contribution in [0.15, 0.2) is 12.1 Å². The molecule has 1 saturated carbocycles. The van der Waals surface area contributed by atoms with Crippen LogP contribution in [0.4, 0.5) is 0 Å². The van der Waals surface area contributed by atoms with Crippen molar-refractivity contribution in [2.45, 2.75) is 70.2 Å². The summed E-state index contributed by atoms with van der Waals surface area (Å²) >= 11 is 6.40. The van der Waals surface area contributed by atoms with Crippen LogP contribution >= 0.6 is 11.6 Å². The van der Waals surface area contributed by atoms with Gasteiger partial charge in [0.2, 0.25) is 0 Å². The summed E-state index contributed by atoms with van der Waals surface area (Å²) in [5.41, 5.74) is -0.756. The fourth-order valence-electron chi connectivity index (χ4n) is 3.48. The van der Waals surface area contributed by atoms with Crippen LogP contribution in [0, 0.1) is 0 Å². The van der Waals surface area contributed by atoms with Crippen molar-refractivity contribution in [3.05, 3.63) is 22.7 Å². The zero-order chi connectivity index (χ0) is 18.5. The maximum Gasteiger partial charge on any atom is 0.357 e. The Labute approximate surface area is 153 Å². The van der Waals surface area contributed by atoms with Crippen LogP contribution in [0.2, 0.25) is 5.02 Å². The minimum Gasteiger partial charge on any atom is -0.465 e. The summed E-state index contributed by atoms with van der Waals surface area (Å²) in [5.74, 6) is -1.73. The predicted octanol–water partition coefficient (Wildman–Crippen LogP) is 3.97. The van der Waals surface area contributed by atoms with Gasteiger partial charge in [-0.3, -0.25) is 0 Å². The molecule has 6 heteroatoms. The van der Waals surface area contributed by atoms with Gasteiger partial charge in [-0.2, -0.15) is 0 Å². The average molecular weight is 369 g/mol. The molecule has 0 bridgehead atoms. The van der Waals surface area contributed by atoms with Crippen LogP contribution in [-0.2, 0) is 14.9 Å². The van der Waals surface area contributed by atoms with Gasteiger partial charge in [-0.25, -0.2) is 4.79 Å². The van der Waals surface area contributed by atoms with Gasteiger partial charge in [0.15, 0.2) is 11.5 Å². The standard InChI is InChI=1S/C19H25ClO5/c1-5-23-16(21)18-8-6-7-9-19(18,22)25-15-13(20)10-12(17(2,3)4)11-14(15)24-18/h10-11,22H,5-9H2,1-4H3/t18-,19-/m0/s1.